The normalized spacial score (nSPS) is 15.1. The van der Waals surface area contributed by atoms with Crippen LogP contribution in [0.3, 0.4) is 0 Å². The molecule has 2 N–H and O–H groups in total. The van der Waals surface area contributed by atoms with Crippen molar-refractivity contribution >= 4 is 42.9 Å². The van der Waals surface area contributed by atoms with E-state index < -0.39 is 30.9 Å². The standard InChI is InChI=1S/C25H29N3O6S2/c1-27(2)21-10-5-18(6-11-21)25(19-7-12-22(13-8-19)28(3)4)20-9-14-23(24(17-20)36(32,33)34)26-15-16-35(29,30)31/h5-14,17H,15-16H2,1-4H3,(H,29,30,31)(H,32,33,34). The smallest absolute Gasteiger partial charge is 0.296 e. The van der Waals surface area contributed by atoms with Crippen molar-refractivity contribution in [3.05, 3.63) is 88.4 Å². The molecule has 192 valence electrons. The summed E-state index contributed by atoms with van der Waals surface area (Å²) in [7, 11) is -1.23. The number of hydrogen-bond donors (Lipinski definition) is 2. The van der Waals surface area contributed by atoms with Crippen molar-refractivity contribution in [1.29, 1.82) is 0 Å². The van der Waals surface area contributed by atoms with Gasteiger partial charge in [-0.25, -0.2) is 0 Å². The summed E-state index contributed by atoms with van der Waals surface area (Å²) in [5.41, 5.74) is 4.80. The third-order valence-corrected chi connectivity index (χ3v) is 7.08. The van der Waals surface area contributed by atoms with E-state index in [-0.39, 0.29) is 12.3 Å². The largest absolute Gasteiger partial charge is 0.378 e. The molecule has 0 bridgehead atoms. The summed E-state index contributed by atoms with van der Waals surface area (Å²) in [5, 5.41) is 0. The molecule has 36 heavy (non-hydrogen) atoms. The Hall–Kier alpha value is -3.25. The first kappa shape index (κ1) is 27.3. The molecule has 1 aliphatic rings. The van der Waals surface area contributed by atoms with Gasteiger partial charge in [-0.1, -0.05) is 30.3 Å². The van der Waals surface area contributed by atoms with Crippen LogP contribution in [0.15, 0.2) is 82.2 Å². The van der Waals surface area contributed by atoms with Crippen LogP contribution in [0.1, 0.15) is 11.1 Å². The van der Waals surface area contributed by atoms with Gasteiger partial charge in [-0.3, -0.25) is 14.1 Å². The van der Waals surface area contributed by atoms with E-state index in [0.717, 1.165) is 28.1 Å². The van der Waals surface area contributed by atoms with E-state index in [1.54, 1.807) is 6.08 Å². The molecular weight excluding hydrogens is 502 g/mol. The third kappa shape index (κ3) is 6.91. The Morgan fingerprint density at radius 3 is 1.64 bits per heavy atom. The Balaban J connectivity index is 2.20. The lowest BCUT2D eigenvalue weighted by molar-refractivity contribution is 0.483. The van der Waals surface area contributed by atoms with Crippen molar-refractivity contribution in [3.8, 4) is 0 Å². The molecule has 0 radical (unpaired) electrons. The van der Waals surface area contributed by atoms with E-state index in [2.05, 4.69) is 4.99 Å². The highest BCUT2D eigenvalue weighted by atomic mass is 32.2. The molecule has 11 heteroatoms. The summed E-state index contributed by atoms with van der Waals surface area (Å²) < 4.78 is 65.3. The molecule has 2 aromatic carbocycles. The van der Waals surface area contributed by atoms with Gasteiger partial charge in [-0.2, -0.15) is 16.8 Å². The predicted octanol–water partition coefficient (Wildman–Crippen LogP) is 3.29. The zero-order chi connectivity index (χ0) is 26.7. The lowest BCUT2D eigenvalue weighted by Gasteiger charge is -2.19. The van der Waals surface area contributed by atoms with Gasteiger partial charge in [-0.15, -0.1) is 0 Å². The fraction of sp³-hybridized carbons (Fsp3) is 0.240. The second kappa shape index (κ2) is 10.8. The van der Waals surface area contributed by atoms with Gasteiger partial charge >= 0.3 is 0 Å². The van der Waals surface area contributed by atoms with E-state index in [0.29, 0.717) is 5.57 Å². The van der Waals surface area contributed by atoms with Gasteiger partial charge < -0.3 is 9.80 Å². The fourth-order valence-electron chi connectivity index (χ4n) is 3.64. The molecule has 0 spiro atoms. The SMILES string of the molecule is CN(C)c1ccc(C(=C2C=CC(=NCCS(=O)(=O)O)C(S(=O)(=O)O)=C2)c2ccc(N(C)C)cc2)cc1. The van der Waals surface area contributed by atoms with Gasteiger partial charge in [0.25, 0.3) is 20.2 Å². The molecule has 0 aliphatic heterocycles. The monoisotopic (exact) mass is 531 g/mol. The van der Waals surface area contributed by atoms with Crippen molar-refractivity contribution in [2.75, 3.05) is 50.3 Å². The lowest BCUT2D eigenvalue weighted by atomic mass is 9.90. The van der Waals surface area contributed by atoms with E-state index in [1.807, 2.05) is 86.5 Å². The summed E-state index contributed by atoms with van der Waals surface area (Å²) in [4.78, 5) is 7.45. The number of anilines is 2. The summed E-state index contributed by atoms with van der Waals surface area (Å²) in [6.07, 6.45) is 4.39. The maximum absolute atomic E-state index is 12.2. The maximum atomic E-state index is 12.2. The first-order valence-corrected chi connectivity index (χ1v) is 14.0. The van der Waals surface area contributed by atoms with E-state index in [1.165, 1.54) is 12.2 Å². The zero-order valence-corrected chi connectivity index (χ0v) is 22.1. The molecule has 0 aromatic heterocycles. The summed E-state index contributed by atoms with van der Waals surface area (Å²) in [6.45, 7) is -0.366. The molecule has 0 heterocycles. The Morgan fingerprint density at radius 1 is 0.778 bits per heavy atom. The summed E-state index contributed by atoms with van der Waals surface area (Å²) in [5.74, 6) is -0.673. The number of benzene rings is 2. The van der Waals surface area contributed by atoms with E-state index in [9.17, 15) is 21.4 Å². The van der Waals surface area contributed by atoms with Crippen molar-refractivity contribution in [1.82, 2.24) is 0 Å². The Morgan fingerprint density at radius 2 is 1.25 bits per heavy atom. The number of hydrogen-bond acceptors (Lipinski definition) is 7. The Bertz CT molecular complexity index is 1400. The minimum absolute atomic E-state index is 0.102. The highest BCUT2D eigenvalue weighted by Gasteiger charge is 2.24. The van der Waals surface area contributed by atoms with Crippen LogP contribution in [0, 0.1) is 0 Å². The van der Waals surface area contributed by atoms with Gasteiger partial charge in [0.1, 0.15) is 4.91 Å². The molecule has 2 aromatic rings. The molecular formula is C25H29N3O6S2. The third-order valence-electron chi connectivity index (χ3n) is 5.50. The van der Waals surface area contributed by atoms with Gasteiger partial charge in [0, 0.05) is 39.6 Å². The number of nitrogens with zero attached hydrogens (tertiary/aromatic N) is 3. The second-order valence-corrected chi connectivity index (χ2v) is 11.5. The van der Waals surface area contributed by atoms with Gasteiger partial charge in [-0.05, 0) is 58.7 Å². The number of rotatable bonds is 8. The van der Waals surface area contributed by atoms with Crippen LogP contribution < -0.4 is 9.80 Å². The predicted molar refractivity (Wildman–Crippen MR) is 145 cm³/mol. The molecule has 0 atom stereocenters. The van der Waals surface area contributed by atoms with Crippen molar-refractivity contribution < 1.29 is 25.9 Å². The van der Waals surface area contributed by atoms with Crippen LogP contribution in [0.2, 0.25) is 0 Å². The van der Waals surface area contributed by atoms with Crippen LogP contribution in [0.4, 0.5) is 11.4 Å². The average Bonchev–Trinajstić information content (AvgIpc) is 2.79. The molecule has 0 saturated heterocycles. The maximum Gasteiger partial charge on any atom is 0.296 e. The highest BCUT2D eigenvalue weighted by Crippen LogP contribution is 2.33. The Labute approximate surface area is 212 Å². The van der Waals surface area contributed by atoms with Crippen molar-refractivity contribution in [3.63, 3.8) is 0 Å². The average molecular weight is 532 g/mol. The van der Waals surface area contributed by atoms with Crippen LogP contribution in [0.25, 0.3) is 5.57 Å². The molecule has 1 aliphatic carbocycles. The molecule has 9 nitrogen and oxygen atoms in total. The van der Waals surface area contributed by atoms with Crippen LogP contribution in [0.5, 0.6) is 0 Å². The highest BCUT2D eigenvalue weighted by molar-refractivity contribution is 7.91. The van der Waals surface area contributed by atoms with Crippen LogP contribution >= 0.6 is 0 Å². The molecule has 0 saturated carbocycles. The minimum Gasteiger partial charge on any atom is -0.378 e. The topological polar surface area (TPSA) is 128 Å². The molecule has 0 amide bonds. The summed E-state index contributed by atoms with van der Waals surface area (Å²) >= 11 is 0. The number of aliphatic imine (C=N–C) groups is 1. The van der Waals surface area contributed by atoms with Crippen molar-refractivity contribution in [2.45, 2.75) is 0 Å². The Kier molecular flexibility index (Phi) is 8.19. The van der Waals surface area contributed by atoms with Gasteiger partial charge in [0.2, 0.25) is 0 Å². The van der Waals surface area contributed by atoms with E-state index >= 15 is 0 Å². The first-order valence-electron chi connectivity index (χ1n) is 10.9. The lowest BCUT2D eigenvalue weighted by Crippen LogP contribution is -2.16. The number of allylic oxidation sites excluding steroid dienone is 5. The molecule has 0 unspecified atom stereocenters. The molecule has 0 fully saturated rings. The first-order chi connectivity index (χ1) is 16.8. The summed E-state index contributed by atoms with van der Waals surface area (Å²) in [6, 6.07) is 15.5. The zero-order valence-electron chi connectivity index (χ0n) is 20.5. The second-order valence-electron chi connectivity index (χ2n) is 8.58. The minimum atomic E-state index is -4.69. The fourth-order valence-corrected chi connectivity index (χ4v) is 4.64. The molecule has 3 rings (SSSR count). The van der Waals surface area contributed by atoms with E-state index in [4.69, 9.17) is 4.55 Å². The quantitative estimate of drug-likeness (QED) is 0.497. The van der Waals surface area contributed by atoms with Crippen molar-refractivity contribution in [2.24, 2.45) is 4.99 Å². The van der Waals surface area contributed by atoms with Gasteiger partial charge in [0.05, 0.1) is 18.0 Å². The van der Waals surface area contributed by atoms with Crippen LogP contribution in [-0.2, 0) is 20.2 Å². The van der Waals surface area contributed by atoms with Gasteiger partial charge in [0.15, 0.2) is 0 Å². The van der Waals surface area contributed by atoms with Crippen LogP contribution in [-0.4, -0.2) is 72.1 Å².